The van der Waals surface area contributed by atoms with Crippen LogP contribution in [0.4, 0.5) is 22.1 Å². The summed E-state index contributed by atoms with van der Waals surface area (Å²) in [5, 5.41) is 27.3. The number of carboxylic acids is 1. The number of hydrogen-bond acceptors (Lipinski definition) is 12. The normalized spacial score (nSPS) is 11.6. The number of rotatable bonds is 24. The zero-order chi connectivity index (χ0) is 34.4. The SMILES string of the molecule is [C-]#[N+]c1c(N=Nc2ccc(N(CC)CCOCCOCCOCCOCCOC(=O)CC(CC=C)C(=O)O)cc2C)sc(C#N)c1C. The smallest absolute Gasteiger partial charge is 0.307 e. The number of benzene rings is 1. The Kier molecular flexibility index (Phi) is 18.6. The lowest BCUT2D eigenvalue weighted by Crippen LogP contribution is -2.27. The highest BCUT2D eigenvalue weighted by Gasteiger charge is 2.20. The Morgan fingerprint density at radius 3 is 2.21 bits per heavy atom. The average Bonchev–Trinajstić information content (AvgIpc) is 3.37. The highest BCUT2D eigenvalue weighted by atomic mass is 32.1. The number of carbonyl (C=O) groups is 2. The number of likely N-dealkylation sites (N-methyl/N-ethyl adjacent to an activating group) is 1. The fourth-order valence-corrected chi connectivity index (χ4v) is 5.06. The van der Waals surface area contributed by atoms with Gasteiger partial charge in [0.25, 0.3) is 0 Å². The number of carbonyl (C=O) groups excluding carboxylic acids is 1. The molecule has 1 heterocycles. The number of anilines is 1. The van der Waals surface area contributed by atoms with E-state index in [0.29, 0.717) is 79.6 Å². The molecule has 0 bridgehead atoms. The summed E-state index contributed by atoms with van der Waals surface area (Å²) in [5.41, 5.74) is 3.69. The zero-order valence-corrected chi connectivity index (χ0v) is 28.1. The number of nitriles is 1. The van der Waals surface area contributed by atoms with Gasteiger partial charge < -0.3 is 33.7 Å². The van der Waals surface area contributed by atoms with Crippen LogP contribution < -0.4 is 4.90 Å². The number of nitrogens with zero attached hydrogens (tertiary/aromatic N) is 5. The predicted octanol–water partition coefficient (Wildman–Crippen LogP) is 6.31. The summed E-state index contributed by atoms with van der Waals surface area (Å²) in [5.74, 6) is -2.46. The molecule has 0 amide bonds. The molecule has 0 radical (unpaired) electrons. The molecule has 0 aliphatic carbocycles. The molecule has 2 rings (SSSR count). The van der Waals surface area contributed by atoms with E-state index in [1.54, 1.807) is 6.92 Å². The largest absolute Gasteiger partial charge is 0.481 e. The van der Waals surface area contributed by atoms with Gasteiger partial charge in [-0.3, -0.25) is 9.59 Å². The first-order valence-electron chi connectivity index (χ1n) is 15.2. The lowest BCUT2D eigenvalue weighted by Gasteiger charge is -2.23. The fraction of sp³-hybridized carbons (Fsp3) is 0.515. The number of aryl methyl sites for hydroxylation is 1. The van der Waals surface area contributed by atoms with Crippen molar-refractivity contribution in [2.75, 3.05) is 77.5 Å². The Morgan fingerprint density at radius 1 is 1.06 bits per heavy atom. The summed E-state index contributed by atoms with van der Waals surface area (Å²) in [7, 11) is 0. The van der Waals surface area contributed by atoms with Crippen LogP contribution in [0, 0.1) is 37.7 Å². The van der Waals surface area contributed by atoms with Gasteiger partial charge in [0, 0.05) is 18.8 Å². The number of allylic oxidation sites excluding steroid dienone is 1. The second-order valence-electron chi connectivity index (χ2n) is 10.1. The number of ether oxygens (including phenoxy) is 5. The molecule has 0 saturated carbocycles. The van der Waals surface area contributed by atoms with Gasteiger partial charge in [-0.15, -0.1) is 17.9 Å². The molecule has 0 aliphatic heterocycles. The molecule has 1 N–H and O–H groups in total. The van der Waals surface area contributed by atoms with Gasteiger partial charge >= 0.3 is 11.9 Å². The minimum atomic E-state index is -1.05. The lowest BCUT2D eigenvalue weighted by atomic mass is 10.0. The highest BCUT2D eigenvalue weighted by molar-refractivity contribution is 7.17. The quantitative estimate of drug-likeness (QED) is 0.0442. The first-order valence-corrected chi connectivity index (χ1v) is 16.1. The van der Waals surface area contributed by atoms with Gasteiger partial charge in [-0.25, -0.2) is 4.85 Å². The number of carboxylic acid groups (broad SMARTS) is 1. The maximum atomic E-state index is 11.7. The van der Waals surface area contributed by atoms with Crippen molar-refractivity contribution in [1.82, 2.24) is 0 Å². The maximum absolute atomic E-state index is 11.7. The summed E-state index contributed by atoms with van der Waals surface area (Å²) in [6.07, 6.45) is 1.47. The number of esters is 1. The molecule has 1 aromatic heterocycles. The van der Waals surface area contributed by atoms with Crippen molar-refractivity contribution in [3.05, 3.63) is 58.3 Å². The van der Waals surface area contributed by atoms with Crippen molar-refractivity contribution in [3.63, 3.8) is 0 Å². The third-order valence-corrected chi connectivity index (χ3v) is 7.88. The summed E-state index contributed by atoms with van der Waals surface area (Å²) >= 11 is 1.17. The summed E-state index contributed by atoms with van der Waals surface area (Å²) in [6, 6.07) is 8.02. The van der Waals surface area contributed by atoms with Gasteiger partial charge in [-0.1, -0.05) is 6.08 Å². The van der Waals surface area contributed by atoms with E-state index in [1.165, 1.54) is 17.4 Å². The van der Waals surface area contributed by atoms with Crippen molar-refractivity contribution >= 4 is 45.3 Å². The van der Waals surface area contributed by atoms with Gasteiger partial charge in [0.1, 0.15) is 17.7 Å². The molecule has 1 aromatic carbocycles. The molecule has 0 aliphatic rings. The molecular formula is C33H43N5O8S. The Bertz CT molecular complexity index is 1410. The number of azo groups is 1. The molecule has 0 fully saturated rings. The van der Waals surface area contributed by atoms with Crippen LogP contribution in [-0.2, 0) is 33.3 Å². The van der Waals surface area contributed by atoms with Crippen LogP contribution in [0.15, 0.2) is 41.1 Å². The van der Waals surface area contributed by atoms with E-state index in [1.807, 2.05) is 25.1 Å². The first-order chi connectivity index (χ1) is 22.7. The molecule has 1 atom stereocenters. The molecular weight excluding hydrogens is 626 g/mol. The van der Waals surface area contributed by atoms with Gasteiger partial charge in [-0.2, -0.15) is 15.5 Å². The molecule has 14 heteroatoms. The Morgan fingerprint density at radius 2 is 1.68 bits per heavy atom. The topological polar surface area (TPSA) is 157 Å². The molecule has 1 unspecified atom stereocenters. The van der Waals surface area contributed by atoms with E-state index < -0.39 is 17.9 Å². The molecule has 254 valence electrons. The van der Waals surface area contributed by atoms with Gasteiger partial charge in [0.15, 0.2) is 0 Å². The van der Waals surface area contributed by atoms with Crippen LogP contribution in [0.25, 0.3) is 4.85 Å². The van der Waals surface area contributed by atoms with Crippen molar-refractivity contribution in [3.8, 4) is 6.07 Å². The van der Waals surface area contributed by atoms with Crippen molar-refractivity contribution in [1.29, 1.82) is 5.26 Å². The van der Waals surface area contributed by atoms with Gasteiger partial charge in [0.2, 0.25) is 5.69 Å². The zero-order valence-electron chi connectivity index (χ0n) is 27.2. The highest BCUT2D eigenvalue weighted by Crippen LogP contribution is 2.42. The van der Waals surface area contributed by atoms with Crippen molar-refractivity contribution < 1.29 is 38.4 Å². The summed E-state index contributed by atoms with van der Waals surface area (Å²) in [4.78, 5) is 29.0. The van der Waals surface area contributed by atoms with Crippen LogP contribution in [0.3, 0.4) is 0 Å². The van der Waals surface area contributed by atoms with Crippen LogP contribution in [0.1, 0.15) is 35.8 Å². The minimum Gasteiger partial charge on any atom is -0.481 e. The standard InChI is InChI=1S/C33H43N5O8S/c1-6-8-26(33(40)41)22-30(39)46-20-19-45-18-17-44-16-15-43-14-13-42-12-11-38(7-2)27-9-10-28(24(3)21-27)36-37-32-31(35-5)25(4)29(23-34)47-32/h6,9-10,21,26H,1,7-8,11-20,22H2,2-4H3,(H,40,41). The number of thiophene rings is 1. The second-order valence-corrected chi connectivity index (χ2v) is 11.1. The van der Waals surface area contributed by atoms with E-state index in [2.05, 4.69) is 39.5 Å². The van der Waals surface area contributed by atoms with E-state index >= 15 is 0 Å². The van der Waals surface area contributed by atoms with Crippen LogP contribution >= 0.6 is 11.3 Å². The van der Waals surface area contributed by atoms with Crippen LogP contribution in [-0.4, -0.2) is 89.6 Å². The van der Waals surface area contributed by atoms with E-state index in [0.717, 1.165) is 17.8 Å². The molecule has 0 saturated heterocycles. The Labute approximate surface area is 280 Å². The molecule has 13 nitrogen and oxygen atoms in total. The molecule has 0 spiro atoms. The van der Waals surface area contributed by atoms with E-state index in [-0.39, 0.29) is 26.1 Å². The fourth-order valence-electron chi connectivity index (χ4n) is 4.20. The Balaban J connectivity index is 1.55. The predicted molar refractivity (Wildman–Crippen MR) is 178 cm³/mol. The number of hydrogen-bond donors (Lipinski definition) is 1. The maximum Gasteiger partial charge on any atom is 0.307 e. The second kappa shape index (κ2) is 22.4. The van der Waals surface area contributed by atoms with Crippen molar-refractivity contribution in [2.45, 2.75) is 33.6 Å². The van der Waals surface area contributed by atoms with E-state index in [9.17, 15) is 14.9 Å². The number of aliphatic carboxylic acids is 1. The third-order valence-electron chi connectivity index (χ3n) is 6.81. The summed E-state index contributed by atoms with van der Waals surface area (Å²) in [6.45, 7) is 21.4. The summed E-state index contributed by atoms with van der Waals surface area (Å²) < 4.78 is 27.1. The molecule has 2 aromatic rings. The molecule has 47 heavy (non-hydrogen) atoms. The first kappa shape index (κ1) is 39.0. The van der Waals surface area contributed by atoms with Crippen LogP contribution in [0.2, 0.25) is 0 Å². The van der Waals surface area contributed by atoms with Gasteiger partial charge in [0.05, 0.1) is 82.3 Å². The monoisotopic (exact) mass is 669 g/mol. The van der Waals surface area contributed by atoms with Gasteiger partial charge in [-0.05, 0) is 56.5 Å². The third kappa shape index (κ3) is 14.0. The average molecular weight is 670 g/mol. The van der Waals surface area contributed by atoms with Crippen molar-refractivity contribution in [2.24, 2.45) is 16.1 Å². The lowest BCUT2D eigenvalue weighted by molar-refractivity contribution is -0.152. The Hall–Kier alpha value is -4.18. The van der Waals surface area contributed by atoms with Crippen LogP contribution in [0.5, 0.6) is 0 Å². The van der Waals surface area contributed by atoms with E-state index in [4.69, 9.17) is 35.4 Å². The minimum absolute atomic E-state index is 0.0474.